The Morgan fingerprint density at radius 2 is 1.82 bits per heavy atom. The molecule has 3 N–H and O–H groups in total. The second-order valence-electron chi connectivity index (χ2n) is 2.20. The van der Waals surface area contributed by atoms with Crippen molar-refractivity contribution in [2.24, 2.45) is 0 Å². The van der Waals surface area contributed by atoms with Crippen molar-refractivity contribution in [1.82, 2.24) is 0 Å². The number of carbonyl (C=O) groups is 2. The molecule has 5 nitrogen and oxygen atoms in total. The van der Waals surface area contributed by atoms with Crippen LogP contribution >= 0.6 is 0 Å². The lowest BCUT2D eigenvalue weighted by molar-refractivity contribution is -0.143. The van der Waals surface area contributed by atoms with E-state index in [2.05, 4.69) is 0 Å². The van der Waals surface area contributed by atoms with Crippen molar-refractivity contribution in [3.63, 3.8) is 0 Å². The van der Waals surface area contributed by atoms with E-state index in [-0.39, 0.29) is 6.29 Å². The molecule has 0 heterocycles. The van der Waals surface area contributed by atoms with E-state index < -0.39 is 24.1 Å². The van der Waals surface area contributed by atoms with E-state index in [9.17, 15) is 9.59 Å². The average Bonchev–Trinajstić information content (AvgIpc) is 2.00. The smallest absolute Gasteiger partial charge is 0.226 e. The van der Waals surface area contributed by atoms with Crippen molar-refractivity contribution in [2.45, 2.75) is 25.2 Å². The molecule has 0 amide bonds. The summed E-state index contributed by atoms with van der Waals surface area (Å²) in [5.74, 6) is -1.14. The minimum absolute atomic E-state index is 0.101. The van der Waals surface area contributed by atoms with E-state index in [1.807, 2.05) is 0 Å². The van der Waals surface area contributed by atoms with Gasteiger partial charge in [-0.15, -0.1) is 0 Å². The zero-order valence-corrected chi connectivity index (χ0v) is 5.97. The Labute approximate surface area is 63.3 Å². The molecule has 5 heteroatoms. The van der Waals surface area contributed by atoms with E-state index in [1.165, 1.54) is 6.92 Å². The van der Waals surface area contributed by atoms with Crippen LogP contribution in [-0.4, -0.2) is 45.7 Å². The van der Waals surface area contributed by atoms with E-state index in [1.54, 1.807) is 0 Å². The summed E-state index contributed by atoms with van der Waals surface area (Å²) in [5, 5.41) is 26.2. The summed E-state index contributed by atoms with van der Waals surface area (Å²) in [7, 11) is 0. The molecule has 0 aromatic heterocycles. The van der Waals surface area contributed by atoms with Crippen molar-refractivity contribution in [1.29, 1.82) is 0 Å². The zero-order valence-electron chi connectivity index (χ0n) is 5.97. The highest BCUT2D eigenvalue weighted by Gasteiger charge is 2.26. The Kier molecular flexibility index (Phi) is 3.88. The maximum absolute atomic E-state index is 10.4. The van der Waals surface area contributed by atoms with Gasteiger partial charge in [-0.05, 0) is 6.92 Å². The molecule has 0 saturated heterocycles. The van der Waals surface area contributed by atoms with Crippen LogP contribution in [0.3, 0.4) is 0 Å². The van der Waals surface area contributed by atoms with Crippen LogP contribution in [0, 0.1) is 0 Å². The first kappa shape index (κ1) is 10.2. The molecule has 0 radical (unpaired) electrons. The molecule has 3 atom stereocenters. The van der Waals surface area contributed by atoms with Crippen LogP contribution in [0.4, 0.5) is 0 Å². The van der Waals surface area contributed by atoms with Gasteiger partial charge in [-0.3, -0.25) is 9.59 Å². The quantitative estimate of drug-likeness (QED) is 0.324. The Bertz CT molecular complexity index is 153. The number of Topliss-reactive ketones (excluding diaryl/α,β-unsaturated/α-hetero) is 1. The highest BCUT2D eigenvalue weighted by Crippen LogP contribution is 1.99. The van der Waals surface area contributed by atoms with Crippen LogP contribution in [0.25, 0.3) is 0 Å². The minimum Gasteiger partial charge on any atom is -0.391 e. The number of aliphatic hydroxyl groups is 3. The van der Waals surface area contributed by atoms with Crippen LogP contribution in [0.2, 0.25) is 0 Å². The fourth-order valence-corrected chi connectivity index (χ4v) is 0.502. The van der Waals surface area contributed by atoms with Crippen molar-refractivity contribution in [3.05, 3.63) is 0 Å². The number of ketones is 1. The molecule has 0 fully saturated rings. The molecule has 0 aliphatic heterocycles. The molecule has 0 spiro atoms. The lowest BCUT2D eigenvalue weighted by Crippen LogP contribution is -2.41. The van der Waals surface area contributed by atoms with Gasteiger partial charge in [0.25, 0.3) is 0 Å². The second-order valence-corrected chi connectivity index (χ2v) is 2.20. The fourth-order valence-electron chi connectivity index (χ4n) is 0.502. The predicted molar refractivity (Wildman–Crippen MR) is 34.8 cm³/mol. The van der Waals surface area contributed by atoms with Crippen LogP contribution in [0.1, 0.15) is 6.92 Å². The van der Waals surface area contributed by atoms with Crippen molar-refractivity contribution >= 4 is 12.1 Å². The maximum atomic E-state index is 10.4. The third-order valence-corrected chi connectivity index (χ3v) is 1.23. The molecule has 0 bridgehead atoms. The van der Waals surface area contributed by atoms with Gasteiger partial charge >= 0.3 is 0 Å². The summed E-state index contributed by atoms with van der Waals surface area (Å²) >= 11 is 0. The van der Waals surface area contributed by atoms with Gasteiger partial charge in [-0.1, -0.05) is 0 Å². The van der Waals surface area contributed by atoms with Gasteiger partial charge in [0.2, 0.25) is 5.78 Å². The molecule has 0 aromatic carbocycles. The van der Waals surface area contributed by atoms with Crippen molar-refractivity contribution < 1.29 is 24.9 Å². The van der Waals surface area contributed by atoms with E-state index in [0.29, 0.717) is 0 Å². The predicted octanol–water partition coefficient (Wildman–Crippen LogP) is -2.14. The van der Waals surface area contributed by atoms with Gasteiger partial charge in [0.15, 0.2) is 6.29 Å². The van der Waals surface area contributed by atoms with Gasteiger partial charge < -0.3 is 15.3 Å². The van der Waals surface area contributed by atoms with Gasteiger partial charge in [0, 0.05) is 0 Å². The highest BCUT2D eigenvalue weighted by molar-refractivity contribution is 6.27. The van der Waals surface area contributed by atoms with Gasteiger partial charge in [0.1, 0.15) is 12.2 Å². The monoisotopic (exact) mass is 162 g/mol. The topological polar surface area (TPSA) is 94.8 Å². The Morgan fingerprint density at radius 1 is 1.36 bits per heavy atom. The molecular weight excluding hydrogens is 152 g/mol. The Morgan fingerprint density at radius 3 is 2.09 bits per heavy atom. The Hall–Kier alpha value is -0.780. The molecule has 0 aliphatic carbocycles. The number of hydrogen-bond acceptors (Lipinski definition) is 5. The lowest BCUT2D eigenvalue weighted by atomic mass is 10.1. The molecule has 0 aliphatic rings. The fraction of sp³-hybridized carbons (Fsp3) is 0.667. The molecular formula is C6H10O5. The van der Waals surface area contributed by atoms with Crippen LogP contribution in [-0.2, 0) is 9.59 Å². The normalized spacial score (nSPS) is 18.5. The van der Waals surface area contributed by atoms with Gasteiger partial charge in [-0.25, -0.2) is 0 Å². The molecule has 0 saturated carbocycles. The summed E-state index contributed by atoms with van der Waals surface area (Å²) in [6.45, 7) is 1.20. The maximum Gasteiger partial charge on any atom is 0.226 e. The third-order valence-electron chi connectivity index (χ3n) is 1.23. The first-order valence-corrected chi connectivity index (χ1v) is 3.04. The molecule has 64 valence electrons. The summed E-state index contributed by atoms with van der Waals surface area (Å²) in [5.41, 5.74) is 0. The van der Waals surface area contributed by atoms with Gasteiger partial charge in [0.05, 0.1) is 6.10 Å². The van der Waals surface area contributed by atoms with E-state index in [4.69, 9.17) is 15.3 Å². The standard InChI is InChI=1S/C6H10O5/c1-3(8)5(10)6(11)4(9)2-7/h2-3,5-6,8,10-11H,1H3/t3-,5-,6+/m0/s1. The summed E-state index contributed by atoms with van der Waals surface area (Å²) in [4.78, 5) is 20.1. The first-order valence-electron chi connectivity index (χ1n) is 3.04. The molecule has 0 rings (SSSR count). The number of aliphatic hydroxyl groups excluding tert-OH is 3. The number of rotatable bonds is 4. The first-order chi connectivity index (χ1) is 5.00. The minimum atomic E-state index is -1.83. The lowest BCUT2D eigenvalue weighted by Gasteiger charge is -2.16. The zero-order chi connectivity index (χ0) is 9.02. The Balaban J connectivity index is 4.11. The van der Waals surface area contributed by atoms with Crippen molar-refractivity contribution in [3.8, 4) is 0 Å². The summed E-state index contributed by atoms with van der Waals surface area (Å²) < 4.78 is 0. The second kappa shape index (κ2) is 4.17. The number of hydrogen-bond donors (Lipinski definition) is 3. The van der Waals surface area contributed by atoms with Crippen LogP contribution < -0.4 is 0 Å². The summed E-state index contributed by atoms with van der Waals surface area (Å²) in [6, 6.07) is 0. The highest BCUT2D eigenvalue weighted by atomic mass is 16.4. The van der Waals surface area contributed by atoms with E-state index >= 15 is 0 Å². The molecule has 0 aromatic rings. The van der Waals surface area contributed by atoms with Crippen molar-refractivity contribution in [2.75, 3.05) is 0 Å². The van der Waals surface area contributed by atoms with E-state index in [0.717, 1.165) is 0 Å². The number of aldehydes is 1. The van der Waals surface area contributed by atoms with Crippen LogP contribution in [0.15, 0.2) is 0 Å². The SMILES string of the molecule is C[C@H](O)[C@H](O)[C@H](O)C(=O)C=O. The number of carbonyl (C=O) groups excluding carboxylic acids is 2. The van der Waals surface area contributed by atoms with Crippen LogP contribution in [0.5, 0.6) is 0 Å². The largest absolute Gasteiger partial charge is 0.391 e. The summed E-state index contributed by atoms with van der Waals surface area (Å²) in [6.07, 6.45) is -4.77. The third kappa shape index (κ3) is 2.75. The van der Waals surface area contributed by atoms with Gasteiger partial charge in [-0.2, -0.15) is 0 Å². The molecule has 0 unspecified atom stereocenters. The average molecular weight is 162 g/mol. The molecule has 11 heavy (non-hydrogen) atoms.